The standard InChI is InChI=1S/C51H81NO13/c1-31(26-35(5)45(55)47(64-10)46(56)36(6)28-34(4)41(53)23-19-32(2)27-38-21-24-42(54)44(29-38)63-9)16-12-11-13-17-33(3)43(62-8)30-39-22-20-37(7)51(61,65-39)48(57)49(58)52-25-15-14-18-40(52)50(59)60/h11-13,16-17,28,31-32,34-35,37-40,42-44,46-47,54,56,61H,14-15,18-27,29-30H2,1-10H3,(H,59,60)/t31-,32+,34-,35-,37-,38+,39+,40+,42?,43?,44?,46?,47?,51?/m1/s1. The Morgan fingerprint density at radius 3 is 2.25 bits per heavy atom. The number of carboxylic acids is 1. The Bertz CT molecular complexity index is 1710. The third kappa shape index (κ3) is 16.1. The van der Waals surface area contributed by atoms with Gasteiger partial charge in [0.1, 0.15) is 24.0 Å². The van der Waals surface area contributed by atoms with Crippen LogP contribution in [-0.2, 0) is 42.9 Å². The van der Waals surface area contributed by atoms with Crippen molar-refractivity contribution >= 4 is 29.2 Å². The quantitative estimate of drug-likeness (QED) is 0.0427. The number of allylic oxidation sites excluding steroid dienone is 6. The van der Waals surface area contributed by atoms with Crippen molar-refractivity contribution in [2.75, 3.05) is 27.9 Å². The van der Waals surface area contributed by atoms with Crippen molar-refractivity contribution in [3.05, 3.63) is 47.6 Å². The first-order chi connectivity index (χ1) is 30.7. The SMILES string of the molecule is COC(C[C@@H]1CC[C@@H](C)C(O)(C(=O)C(=O)N2CCCC[C@H]2C(=O)O)O1)C(C)=CC=CC=C[C@@H](C)C[C@@H](C)C(=O)C(OC)C(O)C(C)=C[C@@H](C)C(=O)CC[C@H](C)C[C@@H]1CCC(O)C(OC)C1. The van der Waals surface area contributed by atoms with E-state index < -0.39 is 77.8 Å². The van der Waals surface area contributed by atoms with Crippen LogP contribution in [0.4, 0.5) is 0 Å². The van der Waals surface area contributed by atoms with Crippen LogP contribution in [0.5, 0.6) is 0 Å². The van der Waals surface area contributed by atoms with Crippen LogP contribution in [0.3, 0.4) is 0 Å². The van der Waals surface area contributed by atoms with Gasteiger partial charge in [0.05, 0.1) is 24.4 Å². The molecule has 14 heteroatoms. The fourth-order valence-electron chi connectivity index (χ4n) is 9.78. The van der Waals surface area contributed by atoms with Gasteiger partial charge in [-0.25, -0.2) is 4.79 Å². The van der Waals surface area contributed by atoms with E-state index in [1.807, 2.05) is 58.1 Å². The van der Waals surface area contributed by atoms with Gasteiger partial charge in [0, 0.05) is 58.5 Å². The molecule has 65 heavy (non-hydrogen) atoms. The number of rotatable bonds is 25. The molecule has 3 aliphatic rings. The minimum absolute atomic E-state index is 0.0249. The number of methoxy groups -OCH3 is 3. The highest BCUT2D eigenvalue weighted by atomic mass is 16.6. The second-order valence-electron chi connectivity index (χ2n) is 19.4. The molecule has 4 N–H and O–H groups in total. The summed E-state index contributed by atoms with van der Waals surface area (Å²) in [6.07, 6.45) is 15.4. The predicted octanol–water partition coefficient (Wildman–Crippen LogP) is 6.73. The molecular weight excluding hydrogens is 835 g/mol. The van der Waals surface area contributed by atoms with Gasteiger partial charge in [-0.2, -0.15) is 0 Å². The minimum atomic E-state index is -2.38. The fraction of sp³-hybridized carbons (Fsp3) is 0.745. The summed E-state index contributed by atoms with van der Waals surface area (Å²) in [5, 5.41) is 42.4. The number of piperidine rings is 1. The monoisotopic (exact) mass is 916 g/mol. The predicted molar refractivity (Wildman–Crippen MR) is 248 cm³/mol. The first-order valence-corrected chi connectivity index (χ1v) is 23.9. The molecule has 0 aromatic carbocycles. The molecule has 2 aliphatic heterocycles. The number of amides is 1. The van der Waals surface area contributed by atoms with Crippen LogP contribution in [0.15, 0.2) is 47.6 Å². The molecule has 0 aromatic heterocycles. The first-order valence-electron chi connectivity index (χ1n) is 23.9. The fourth-order valence-corrected chi connectivity index (χ4v) is 9.78. The van der Waals surface area contributed by atoms with Crippen molar-refractivity contribution in [2.24, 2.45) is 35.5 Å². The third-order valence-corrected chi connectivity index (χ3v) is 14.1. The van der Waals surface area contributed by atoms with Crippen molar-refractivity contribution in [3.63, 3.8) is 0 Å². The zero-order chi connectivity index (χ0) is 48.6. The summed E-state index contributed by atoms with van der Waals surface area (Å²) in [5.41, 5.74) is 1.38. The summed E-state index contributed by atoms with van der Waals surface area (Å²) in [6.45, 7) is 13.2. The molecule has 0 aromatic rings. The Labute approximate surface area is 387 Å². The van der Waals surface area contributed by atoms with Gasteiger partial charge in [-0.3, -0.25) is 19.2 Å². The van der Waals surface area contributed by atoms with Crippen molar-refractivity contribution < 1.29 is 63.3 Å². The molecule has 14 atom stereocenters. The number of aliphatic hydroxyl groups is 3. The number of ether oxygens (including phenoxy) is 4. The second-order valence-corrected chi connectivity index (χ2v) is 19.4. The number of aliphatic hydroxyl groups excluding tert-OH is 2. The molecule has 3 fully saturated rings. The van der Waals surface area contributed by atoms with Crippen LogP contribution in [0.25, 0.3) is 0 Å². The Hall–Kier alpha value is -3.37. The summed E-state index contributed by atoms with van der Waals surface area (Å²) in [5.74, 6) is -6.52. The topological polar surface area (TPSA) is 206 Å². The summed E-state index contributed by atoms with van der Waals surface area (Å²) < 4.78 is 22.7. The number of hydrogen-bond acceptors (Lipinski definition) is 12. The maximum absolute atomic E-state index is 13.5. The maximum Gasteiger partial charge on any atom is 0.326 e. The molecule has 2 heterocycles. The molecular formula is C51H81NO13. The number of hydrogen-bond donors (Lipinski definition) is 4. The van der Waals surface area contributed by atoms with Gasteiger partial charge in [-0.15, -0.1) is 0 Å². The maximum atomic E-state index is 13.5. The van der Waals surface area contributed by atoms with Gasteiger partial charge >= 0.3 is 5.97 Å². The largest absolute Gasteiger partial charge is 0.480 e. The third-order valence-electron chi connectivity index (χ3n) is 14.1. The molecule has 368 valence electrons. The average Bonchev–Trinajstić information content (AvgIpc) is 3.28. The summed E-state index contributed by atoms with van der Waals surface area (Å²) >= 11 is 0. The zero-order valence-corrected chi connectivity index (χ0v) is 40.8. The van der Waals surface area contributed by atoms with Gasteiger partial charge in [0.25, 0.3) is 11.7 Å². The number of Topliss-reactive ketones (excluding diaryl/α,β-unsaturated/α-hetero) is 3. The smallest absolute Gasteiger partial charge is 0.326 e. The number of carbonyl (C=O) groups excluding carboxylic acids is 4. The number of likely N-dealkylation sites (tertiary alicyclic amines) is 1. The van der Waals surface area contributed by atoms with Crippen LogP contribution in [-0.4, -0.2) is 131 Å². The zero-order valence-electron chi connectivity index (χ0n) is 40.8. The van der Waals surface area contributed by atoms with Crippen LogP contribution in [0.1, 0.15) is 132 Å². The van der Waals surface area contributed by atoms with Crippen LogP contribution in [0, 0.1) is 35.5 Å². The Balaban J connectivity index is 1.49. The normalized spacial score (nSPS) is 29.2. The molecule has 0 radical (unpaired) electrons. The van der Waals surface area contributed by atoms with E-state index in [-0.39, 0.29) is 36.6 Å². The lowest BCUT2D eigenvalue weighted by Crippen LogP contribution is -2.60. The lowest BCUT2D eigenvalue weighted by Gasteiger charge is -2.42. The van der Waals surface area contributed by atoms with Crippen molar-refractivity contribution in [1.29, 1.82) is 0 Å². The van der Waals surface area contributed by atoms with E-state index in [0.29, 0.717) is 62.4 Å². The second kappa shape index (κ2) is 26.8. The molecule has 0 spiro atoms. The molecule has 14 nitrogen and oxygen atoms in total. The summed E-state index contributed by atoms with van der Waals surface area (Å²) in [6, 6.07) is -1.12. The van der Waals surface area contributed by atoms with Gasteiger partial charge < -0.3 is 44.3 Å². The van der Waals surface area contributed by atoms with E-state index in [1.165, 1.54) is 7.11 Å². The van der Waals surface area contributed by atoms with E-state index in [2.05, 4.69) is 6.92 Å². The molecule has 1 amide bonds. The van der Waals surface area contributed by atoms with E-state index >= 15 is 0 Å². The Kier molecular flexibility index (Phi) is 23.1. The summed E-state index contributed by atoms with van der Waals surface area (Å²) in [7, 11) is 4.61. The van der Waals surface area contributed by atoms with E-state index in [9.17, 15) is 44.4 Å². The molecule has 3 rings (SSSR count). The number of aliphatic carboxylic acids is 1. The van der Waals surface area contributed by atoms with Crippen LogP contribution >= 0.6 is 0 Å². The first kappa shape index (κ1) is 56.0. The van der Waals surface area contributed by atoms with Crippen LogP contribution < -0.4 is 0 Å². The van der Waals surface area contributed by atoms with E-state index in [4.69, 9.17) is 18.9 Å². The highest BCUT2D eigenvalue weighted by molar-refractivity contribution is 6.39. The van der Waals surface area contributed by atoms with Crippen LogP contribution in [0.2, 0.25) is 0 Å². The van der Waals surface area contributed by atoms with E-state index in [1.54, 1.807) is 34.1 Å². The minimum Gasteiger partial charge on any atom is -0.480 e. The lowest BCUT2D eigenvalue weighted by molar-refractivity contribution is -0.265. The Morgan fingerprint density at radius 2 is 1.60 bits per heavy atom. The number of carboxylic acid groups (broad SMARTS) is 1. The lowest BCUT2D eigenvalue weighted by atomic mass is 9.79. The number of nitrogens with zero attached hydrogens (tertiary/aromatic N) is 1. The molecule has 6 unspecified atom stereocenters. The Morgan fingerprint density at radius 1 is 0.892 bits per heavy atom. The molecule has 2 saturated heterocycles. The number of ketones is 3. The van der Waals surface area contributed by atoms with Crippen molar-refractivity contribution in [3.8, 4) is 0 Å². The van der Waals surface area contributed by atoms with Crippen molar-refractivity contribution in [2.45, 2.75) is 180 Å². The highest BCUT2D eigenvalue weighted by Crippen LogP contribution is 2.37. The van der Waals surface area contributed by atoms with Crippen molar-refractivity contribution in [1.82, 2.24) is 4.90 Å². The van der Waals surface area contributed by atoms with Gasteiger partial charge in [-0.05, 0) is 113 Å². The van der Waals surface area contributed by atoms with Gasteiger partial charge in [0.2, 0.25) is 5.79 Å². The summed E-state index contributed by atoms with van der Waals surface area (Å²) in [4.78, 5) is 66.2. The van der Waals surface area contributed by atoms with Gasteiger partial charge in [-0.1, -0.05) is 71.1 Å². The highest BCUT2D eigenvalue weighted by Gasteiger charge is 2.52. The van der Waals surface area contributed by atoms with E-state index in [0.717, 1.165) is 42.6 Å². The molecule has 1 aliphatic carbocycles. The molecule has 1 saturated carbocycles. The van der Waals surface area contributed by atoms with Gasteiger partial charge in [0.15, 0.2) is 5.78 Å². The number of carbonyl (C=O) groups is 5. The molecule has 0 bridgehead atoms. The average molecular weight is 916 g/mol.